The van der Waals surface area contributed by atoms with Crippen molar-refractivity contribution in [3.63, 3.8) is 0 Å². The molecule has 0 aliphatic heterocycles. The van der Waals surface area contributed by atoms with Gasteiger partial charge in [-0.25, -0.2) is 14.2 Å². The lowest BCUT2D eigenvalue weighted by molar-refractivity contribution is 0.0523. The summed E-state index contributed by atoms with van der Waals surface area (Å²) in [7, 11) is 0. The number of carbonyl (C=O) groups is 3. The van der Waals surface area contributed by atoms with E-state index in [1.54, 1.807) is 33.9 Å². The van der Waals surface area contributed by atoms with Crippen molar-refractivity contribution in [1.82, 2.24) is 45.5 Å². The van der Waals surface area contributed by atoms with Crippen LogP contribution in [0.1, 0.15) is 124 Å². The van der Waals surface area contributed by atoms with Gasteiger partial charge in [-0.05, 0) is 191 Å². The molecule has 4 aromatic carbocycles. The zero-order valence-corrected chi connectivity index (χ0v) is 45.6. The summed E-state index contributed by atoms with van der Waals surface area (Å²) in [6.45, 7) is 11.8. The lowest BCUT2D eigenvalue weighted by atomic mass is 9.99. The Hall–Kier alpha value is -8.02. The van der Waals surface area contributed by atoms with E-state index in [2.05, 4.69) is 71.0 Å². The molecule has 2 atom stereocenters. The lowest BCUT2D eigenvalue weighted by Gasteiger charge is -2.20. The molecule has 404 valence electrons. The van der Waals surface area contributed by atoms with Gasteiger partial charge in [0.1, 0.15) is 17.0 Å². The molecule has 78 heavy (non-hydrogen) atoms. The number of pyridine rings is 2. The van der Waals surface area contributed by atoms with E-state index in [4.69, 9.17) is 10.5 Å². The molecule has 0 radical (unpaired) electrons. The first-order chi connectivity index (χ1) is 37.2. The number of alkyl carbamates (subject to hydrolysis) is 1. The molecule has 2 saturated carbocycles. The summed E-state index contributed by atoms with van der Waals surface area (Å²) in [5, 5.41) is 25.4. The molecule has 3 amide bonds. The number of aryl methyl sites for hydroxylation is 2. The lowest BCUT2D eigenvalue weighted by Crippen LogP contribution is -2.32. The number of carbonyl (C=O) groups excluding carboxylic acids is 3. The normalized spacial score (nSPS) is 13.7. The SMILES string of the molecule is Cc1cc(C(=O)Nc2cccc(C(NCC3CC3)c3cccnc3)c2)n(-c2cccc(CN)c2)n1.Cc1cc(C(=O)Nc2cccc(C(NCC3CC3)c3cccnc3)c2)n(-c2cccc(CNC(=O)OC(C)(C)C)c2)n1.Cl. The highest BCUT2D eigenvalue weighted by Crippen LogP contribution is 2.32. The average Bonchev–Trinajstić information content (AvgIpc) is 4.37. The van der Waals surface area contributed by atoms with E-state index in [1.165, 1.54) is 25.7 Å². The molecule has 2 fully saturated rings. The number of amides is 3. The van der Waals surface area contributed by atoms with Gasteiger partial charge in [0.05, 0.1) is 34.8 Å². The smallest absolute Gasteiger partial charge is 0.407 e. The van der Waals surface area contributed by atoms with Crippen LogP contribution >= 0.6 is 12.4 Å². The second-order valence-electron chi connectivity index (χ2n) is 20.9. The molecule has 7 N–H and O–H groups in total. The first-order valence-corrected chi connectivity index (χ1v) is 26.3. The van der Waals surface area contributed by atoms with Crippen molar-refractivity contribution in [1.29, 1.82) is 0 Å². The molecule has 0 bridgehead atoms. The van der Waals surface area contributed by atoms with Gasteiger partial charge in [0.15, 0.2) is 0 Å². The molecule has 2 unspecified atom stereocenters. The summed E-state index contributed by atoms with van der Waals surface area (Å²) in [6.07, 6.45) is 11.9. The Morgan fingerprint density at radius 3 is 1.49 bits per heavy atom. The number of rotatable bonds is 19. The predicted octanol–water partition coefficient (Wildman–Crippen LogP) is 10.7. The number of ether oxygens (including phenoxy) is 1. The molecule has 0 spiro atoms. The Labute approximate surface area is 462 Å². The molecular formula is C61H69ClN12O4. The third kappa shape index (κ3) is 15.6. The van der Waals surface area contributed by atoms with Crippen LogP contribution in [0.15, 0.2) is 158 Å². The minimum Gasteiger partial charge on any atom is -0.444 e. The molecule has 8 aromatic rings. The van der Waals surface area contributed by atoms with E-state index < -0.39 is 11.7 Å². The van der Waals surface area contributed by atoms with Crippen LogP contribution in [0.25, 0.3) is 11.4 Å². The highest BCUT2D eigenvalue weighted by Gasteiger charge is 2.26. The zero-order valence-electron chi connectivity index (χ0n) is 44.8. The number of benzene rings is 4. The summed E-state index contributed by atoms with van der Waals surface area (Å²) in [5.41, 5.74) is 16.7. The number of anilines is 2. The number of hydrogen-bond donors (Lipinski definition) is 6. The van der Waals surface area contributed by atoms with Gasteiger partial charge >= 0.3 is 6.09 Å². The maximum Gasteiger partial charge on any atom is 0.407 e. The molecule has 17 heteroatoms. The van der Waals surface area contributed by atoms with Crippen LogP contribution < -0.4 is 32.3 Å². The number of nitrogens with one attached hydrogen (secondary N) is 5. The standard InChI is InChI=1S/C33H38N6O3.C28H30N6O.ClH/c1-22-16-29(39(38-22)28-12-5-8-24(17-28)20-36-32(41)42-33(2,3)4)31(40)37-27-11-6-9-25(18-27)30(35-19-23-13-14-23)26-10-7-15-34-21-26;1-19-13-26(34(33-19)25-9-2-5-21(14-25)16-29)28(35)32-24-8-3-6-22(15-24)27(31-17-20-10-11-20)23-7-4-12-30-18-23;/h5-12,15-18,21,23,30,35H,13-14,19-20H2,1-4H3,(H,36,41)(H,37,40);2-9,12-15,18,20,27,31H,10-11,16-17,29H2,1H3,(H,32,35);1H. The number of hydrogen-bond acceptors (Lipinski definition) is 11. The number of nitrogens with two attached hydrogens (primary N) is 1. The molecule has 16 nitrogen and oxygen atoms in total. The molecular weight excluding hydrogens is 1000 g/mol. The van der Waals surface area contributed by atoms with Crippen molar-refractivity contribution in [2.75, 3.05) is 23.7 Å². The van der Waals surface area contributed by atoms with Gasteiger partial charge < -0.3 is 37.1 Å². The molecule has 2 aliphatic carbocycles. The second-order valence-corrected chi connectivity index (χ2v) is 20.9. The van der Waals surface area contributed by atoms with Crippen LogP contribution in [-0.2, 0) is 17.8 Å². The van der Waals surface area contributed by atoms with Crippen molar-refractivity contribution in [2.24, 2.45) is 17.6 Å². The van der Waals surface area contributed by atoms with Crippen LogP contribution in [0.3, 0.4) is 0 Å². The highest BCUT2D eigenvalue weighted by atomic mass is 35.5. The molecule has 4 aromatic heterocycles. The number of nitrogens with zero attached hydrogens (tertiary/aromatic N) is 6. The topological polar surface area (TPSA) is 208 Å². The largest absolute Gasteiger partial charge is 0.444 e. The first kappa shape index (κ1) is 56.2. The zero-order chi connectivity index (χ0) is 53.9. The monoisotopic (exact) mass is 1070 g/mol. The summed E-state index contributed by atoms with van der Waals surface area (Å²) < 4.78 is 8.63. The Bertz CT molecular complexity index is 3300. The quantitative estimate of drug-likeness (QED) is 0.0449. The van der Waals surface area contributed by atoms with Crippen molar-refractivity contribution >= 4 is 41.7 Å². The summed E-state index contributed by atoms with van der Waals surface area (Å²) in [6, 6.07) is 42.8. The van der Waals surface area contributed by atoms with E-state index in [1.807, 2.05) is 144 Å². The Balaban J connectivity index is 0.000000206. The van der Waals surface area contributed by atoms with Gasteiger partial charge in [0.2, 0.25) is 0 Å². The summed E-state index contributed by atoms with van der Waals surface area (Å²) in [5.74, 6) is 0.985. The Morgan fingerprint density at radius 1 is 0.603 bits per heavy atom. The summed E-state index contributed by atoms with van der Waals surface area (Å²) in [4.78, 5) is 47.6. The van der Waals surface area contributed by atoms with Crippen molar-refractivity contribution < 1.29 is 19.1 Å². The third-order valence-electron chi connectivity index (χ3n) is 13.1. The number of aromatic nitrogens is 6. The van der Waals surface area contributed by atoms with Crippen LogP contribution in [0, 0.1) is 25.7 Å². The van der Waals surface area contributed by atoms with E-state index >= 15 is 0 Å². The molecule has 10 rings (SSSR count). The summed E-state index contributed by atoms with van der Waals surface area (Å²) >= 11 is 0. The van der Waals surface area contributed by atoms with Gasteiger partial charge in [-0.15, -0.1) is 12.4 Å². The maximum absolute atomic E-state index is 13.6. The van der Waals surface area contributed by atoms with E-state index in [9.17, 15) is 14.4 Å². The maximum atomic E-state index is 13.6. The predicted molar refractivity (Wildman–Crippen MR) is 307 cm³/mol. The second kappa shape index (κ2) is 25.9. The highest BCUT2D eigenvalue weighted by molar-refractivity contribution is 6.04. The molecule has 0 saturated heterocycles. The molecule has 4 heterocycles. The van der Waals surface area contributed by atoms with E-state index in [-0.39, 0.29) is 42.8 Å². The first-order valence-electron chi connectivity index (χ1n) is 26.3. The Morgan fingerprint density at radius 2 is 1.05 bits per heavy atom. The van der Waals surface area contributed by atoms with Crippen LogP contribution in [0.5, 0.6) is 0 Å². The van der Waals surface area contributed by atoms with E-state index in [0.29, 0.717) is 35.0 Å². The van der Waals surface area contributed by atoms with Gasteiger partial charge in [0, 0.05) is 49.3 Å². The fraction of sp³-hybridized carbons (Fsp3) is 0.295. The van der Waals surface area contributed by atoms with Crippen LogP contribution in [-0.4, -0.2) is 66.1 Å². The minimum absolute atomic E-state index is 0. The fourth-order valence-electron chi connectivity index (χ4n) is 8.96. The van der Waals surface area contributed by atoms with Gasteiger partial charge in [0.25, 0.3) is 11.8 Å². The van der Waals surface area contributed by atoms with Gasteiger partial charge in [-0.2, -0.15) is 10.2 Å². The van der Waals surface area contributed by atoms with Crippen molar-refractivity contribution in [3.8, 4) is 11.4 Å². The number of halogens is 1. The van der Waals surface area contributed by atoms with Gasteiger partial charge in [-0.3, -0.25) is 19.6 Å². The van der Waals surface area contributed by atoms with Crippen molar-refractivity contribution in [3.05, 3.63) is 214 Å². The van der Waals surface area contributed by atoms with Crippen LogP contribution in [0.4, 0.5) is 16.2 Å². The van der Waals surface area contributed by atoms with Crippen LogP contribution in [0.2, 0.25) is 0 Å². The fourth-order valence-corrected chi connectivity index (χ4v) is 8.96. The van der Waals surface area contributed by atoms with E-state index in [0.717, 1.165) is 75.4 Å². The van der Waals surface area contributed by atoms with Gasteiger partial charge in [-0.1, -0.05) is 60.7 Å². The Kier molecular flexibility index (Phi) is 18.6. The third-order valence-corrected chi connectivity index (χ3v) is 13.1. The minimum atomic E-state index is -0.576. The average molecular weight is 1070 g/mol. The van der Waals surface area contributed by atoms with Crippen molar-refractivity contribution in [2.45, 2.75) is 91.1 Å². The molecule has 2 aliphatic rings.